The minimum Gasteiger partial charge on any atom is -0.546 e. The molecule has 0 aromatic heterocycles. The van der Waals surface area contributed by atoms with Crippen LogP contribution in [0.2, 0.25) is 0 Å². The van der Waals surface area contributed by atoms with E-state index < -0.39 is 12.6 Å². The van der Waals surface area contributed by atoms with Crippen LogP contribution in [0.25, 0.3) is 0 Å². The van der Waals surface area contributed by atoms with E-state index >= 15 is 0 Å². The van der Waals surface area contributed by atoms with Crippen LogP contribution in [0.5, 0.6) is 5.75 Å². The van der Waals surface area contributed by atoms with Crippen molar-refractivity contribution < 1.29 is 49.0 Å². The Morgan fingerprint density at radius 2 is 1.83 bits per heavy atom. The Kier molecular flexibility index (Phi) is 7.59. The summed E-state index contributed by atoms with van der Waals surface area (Å²) in [6.07, 6.45) is 0.599. The molecule has 0 aliphatic heterocycles. The Morgan fingerprint density at radius 1 is 1.28 bits per heavy atom. The third kappa shape index (κ3) is 5.04. The number of carbonyl (C=O) groups is 2. The molecule has 0 aliphatic rings. The van der Waals surface area contributed by atoms with Crippen molar-refractivity contribution in [1.82, 2.24) is 0 Å². The van der Waals surface area contributed by atoms with Crippen molar-refractivity contribution in [2.75, 3.05) is 6.61 Å². The number of benzene rings is 1. The van der Waals surface area contributed by atoms with E-state index in [4.69, 9.17) is 4.74 Å². The van der Waals surface area contributed by atoms with Crippen molar-refractivity contribution in [3.8, 4) is 5.75 Å². The molecule has 0 heterocycles. The molecule has 1 rings (SSSR count). The topological polar surface area (TPSA) is 66.4 Å². The average molecular weight is 256 g/mol. The molecule has 0 amide bonds. The summed E-state index contributed by atoms with van der Waals surface area (Å²) in [5, 5.41) is 10.2. The molecule has 18 heavy (non-hydrogen) atoms. The maximum absolute atomic E-state index is 11.7. The van der Waals surface area contributed by atoms with Crippen molar-refractivity contribution in [3.63, 3.8) is 0 Å². The monoisotopic (exact) mass is 256 g/mol. The van der Waals surface area contributed by atoms with Crippen LogP contribution < -0.4 is 39.4 Å². The van der Waals surface area contributed by atoms with Crippen molar-refractivity contribution in [1.29, 1.82) is 0 Å². The Labute approximate surface area is 128 Å². The van der Waals surface area contributed by atoms with E-state index in [1.807, 2.05) is 6.92 Å². The largest absolute Gasteiger partial charge is 1.00 e. The molecular weight excluding hydrogens is 243 g/mol. The molecule has 0 N–H and O–H groups in total. The summed E-state index contributed by atoms with van der Waals surface area (Å²) in [5.41, 5.74) is 1.05. The van der Waals surface area contributed by atoms with Gasteiger partial charge in [0, 0.05) is 5.56 Å². The fourth-order valence-corrected chi connectivity index (χ4v) is 1.21. The summed E-state index contributed by atoms with van der Waals surface area (Å²) in [7, 11) is 0. The second kappa shape index (κ2) is 8.08. The van der Waals surface area contributed by atoms with Crippen LogP contribution in [-0.2, 0) is 4.79 Å². The van der Waals surface area contributed by atoms with Crippen LogP contribution in [0, 0.1) is 0 Å². The number of carboxylic acids is 1. The van der Waals surface area contributed by atoms with Gasteiger partial charge in [0.25, 0.3) is 0 Å². The van der Waals surface area contributed by atoms with Gasteiger partial charge in [-0.3, -0.25) is 4.79 Å². The molecule has 0 fully saturated rings. The van der Waals surface area contributed by atoms with Crippen LogP contribution in [-0.4, -0.2) is 18.4 Å². The van der Waals surface area contributed by atoms with Gasteiger partial charge in [0.1, 0.15) is 12.4 Å². The van der Waals surface area contributed by atoms with Gasteiger partial charge in [-0.25, -0.2) is 0 Å². The Morgan fingerprint density at radius 3 is 2.28 bits per heavy atom. The van der Waals surface area contributed by atoms with Gasteiger partial charge in [0.15, 0.2) is 5.78 Å². The molecule has 0 saturated heterocycles. The summed E-state index contributed by atoms with van der Waals surface area (Å²) in [6.45, 7) is 5.02. The molecule has 0 bridgehead atoms. The van der Waals surface area contributed by atoms with E-state index in [1.165, 1.54) is 0 Å². The predicted molar refractivity (Wildman–Crippen MR) is 60.7 cm³/mol. The summed E-state index contributed by atoms with van der Waals surface area (Å²) >= 11 is 0. The van der Waals surface area contributed by atoms with Gasteiger partial charge in [-0.05, 0) is 36.3 Å². The Bertz CT molecular complexity index is 437. The SMILES string of the molecule is C=C(CC)C(=O)c1ccc(OCC(=O)[O-])cc1.[Na+]. The van der Waals surface area contributed by atoms with Gasteiger partial charge >= 0.3 is 29.6 Å². The third-order valence-electron chi connectivity index (χ3n) is 2.22. The Balaban J connectivity index is 0.00000289. The first-order chi connectivity index (χ1) is 8.04. The molecule has 0 aliphatic carbocycles. The first-order valence-corrected chi connectivity index (χ1v) is 5.19. The first kappa shape index (κ1) is 16.9. The van der Waals surface area contributed by atoms with Crippen LogP contribution in [0.15, 0.2) is 36.4 Å². The molecule has 0 atom stereocenters. The average Bonchev–Trinajstić information content (AvgIpc) is 2.35. The number of aliphatic carboxylic acids is 1. The molecule has 0 radical (unpaired) electrons. The van der Waals surface area contributed by atoms with Gasteiger partial charge in [0.05, 0.1) is 5.97 Å². The van der Waals surface area contributed by atoms with Crippen molar-refractivity contribution >= 4 is 11.8 Å². The fraction of sp³-hybridized carbons (Fsp3) is 0.231. The number of ketones is 1. The zero-order chi connectivity index (χ0) is 12.8. The molecule has 5 heteroatoms. The van der Waals surface area contributed by atoms with E-state index in [2.05, 4.69) is 6.58 Å². The van der Waals surface area contributed by atoms with Gasteiger partial charge in [-0.15, -0.1) is 0 Å². The third-order valence-corrected chi connectivity index (χ3v) is 2.22. The molecule has 0 unspecified atom stereocenters. The zero-order valence-corrected chi connectivity index (χ0v) is 12.6. The number of hydrogen-bond acceptors (Lipinski definition) is 4. The van der Waals surface area contributed by atoms with E-state index in [9.17, 15) is 14.7 Å². The number of carbonyl (C=O) groups excluding carboxylic acids is 2. The van der Waals surface area contributed by atoms with Gasteiger partial charge < -0.3 is 14.6 Å². The van der Waals surface area contributed by atoms with E-state index in [0.717, 1.165) is 0 Å². The van der Waals surface area contributed by atoms with Gasteiger partial charge in [-0.2, -0.15) is 0 Å². The normalized spacial score (nSPS) is 9.17. The van der Waals surface area contributed by atoms with Crippen LogP contribution in [0.1, 0.15) is 23.7 Å². The van der Waals surface area contributed by atoms with Gasteiger partial charge in [0.2, 0.25) is 0 Å². The minimum absolute atomic E-state index is 0. The number of carboxylic acid groups (broad SMARTS) is 1. The molecule has 0 saturated carbocycles. The van der Waals surface area contributed by atoms with E-state index in [0.29, 0.717) is 23.3 Å². The summed E-state index contributed by atoms with van der Waals surface area (Å²) < 4.78 is 4.89. The molecule has 90 valence electrons. The molecule has 1 aromatic carbocycles. The zero-order valence-electron chi connectivity index (χ0n) is 10.6. The quantitative estimate of drug-likeness (QED) is 0.334. The fourth-order valence-electron chi connectivity index (χ4n) is 1.21. The van der Waals surface area contributed by atoms with Gasteiger partial charge in [-0.1, -0.05) is 13.5 Å². The van der Waals surface area contributed by atoms with Crippen LogP contribution >= 0.6 is 0 Å². The number of ether oxygens (including phenoxy) is 1. The first-order valence-electron chi connectivity index (χ1n) is 5.19. The number of rotatable bonds is 6. The van der Waals surface area contributed by atoms with E-state index in [-0.39, 0.29) is 35.3 Å². The van der Waals surface area contributed by atoms with Crippen LogP contribution in [0.4, 0.5) is 0 Å². The van der Waals surface area contributed by atoms with E-state index in [1.54, 1.807) is 24.3 Å². The van der Waals surface area contributed by atoms with Crippen molar-refractivity contribution in [2.45, 2.75) is 13.3 Å². The maximum atomic E-state index is 11.7. The summed E-state index contributed by atoms with van der Waals surface area (Å²) in [5.74, 6) is -1.02. The van der Waals surface area contributed by atoms with Crippen molar-refractivity contribution in [3.05, 3.63) is 42.0 Å². The minimum atomic E-state index is -1.29. The van der Waals surface area contributed by atoms with Crippen molar-refractivity contribution in [2.24, 2.45) is 0 Å². The smallest absolute Gasteiger partial charge is 0.546 e. The number of Topliss-reactive ketones (excluding diaryl/α,β-unsaturated/α-hetero) is 1. The summed E-state index contributed by atoms with van der Waals surface area (Å²) in [6, 6.07) is 6.24. The summed E-state index contributed by atoms with van der Waals surface area (Å²) in [4.78, 5) is 21.9. The number of hydrogen-bond donors (Lipinski definition) is 0. The Hall–Kier alpha value is -1.10. The maximum Gasteiger partial charge on any atom is 1.00 e. The standard InChI is InChI=1S/C13H14O4.Na/c1-3-9(2)13(16)10-4-6-11(7-5-10)17-8-12(14)15;/h4-7H,2-3,8H2,1H3,(H,14,15);/q;+1/p-1. The molecule has 1 aromatic rings. The second-order valence-electron chi connectivity index (χ2n) is 3.47. The molecule has 0 spiro atoms. The number of allylic oxidation sites excluding steroid dienone is 1. The predicted octanol–water partition coefficient (Wildman–Crippen LogP) is -2.03. The molecule has 4 nitrogen and oxygen atoms in total. The van der Waals surface area contributed by atoms with Crippen LogP contribution in [0.3, 0.4) is 0 Å². The second-order valence-corrected chi connectivity index (χ2v) is 3.47. The molecular formula is C13H13NaO4.